The van der Waals surface area contributed by atoms with Crippen molar-refractivity contribution in [3.63, 3.8) is 0 Å². The molecule has 6 heterocycles. The Kier molecular flexibility index (Phi) is 10.8. The summed E-state index contributed by atoms with van der Waals surface area (Å²) in [4.78, 5) is 49.8. The summed E-state index contributed by atoms with van der Waals surface area (Å²) in [5, 5.41) is 34.9. The van der Waals surface area contributed by atoms with Crippen LogP contribution in [0.4, 0.5) is 0 Å². The van der Waals surface area contributed by atoms with Crippen LogP contribution in [-0.4, -0.2) is 147 Å². The van der Waals surface area contributed by atoms with E-state index in [4.69, 9.17) is 18.9 Å². The van der Waals surface area contributed by atoms with Gasteiger partial charge in [0.15, 0.2) is 13.4 Å². The molecule has 4 fully saturated rings. The number of esters is 3. The molecule has 3 unspecified atom stereocenters. The van der Waals surface area contributed by atoms with Gasteiger partial charge in [-0.25, -0.2) is 4.79 Å². The second-order valence-corrected chi connectivity index (χ2v) is 19.5. The number of piperidine rings is 1. The highest BCUT2D eigenvalue weighted by atomic mass is 16.6. The van der Waals surface area contributed by atoms with Gasteiger partial charge < -0.3 is 34.1 Å². The smallest absolute Gasteiger partial charge is 0.344 e. The highest BCUT2D eigenvalue weighted by Gasteiger charge is 2.81. The fourth-order valence-electron chi connectivity index (χ4n) is 14.6. The molecule has 63 heavy (non-hydrogen) atoms. The van der Waals surface area contributed by atoms with Crippen LogP contribution >= 0.6 is 0 Å². The maximum Gasteiger partial charge on any atom is 0.344 e. The molecule has 6 aliphatic heterocycles. The number of fused-ring (bicyclic) bond motifs is 5. The average molecular weight is 861 g/mol. The molecule has 334 valence electrons. The van der Waals surface area contributed by atoms with Crippen LogP contribution in [0, 0.1) is 39.4 Å². The van der Waals surface area contributed by atoms with Crippen LogP contribution in [0.5, 0.6) is 0 Å². The lowest BCUT2D eigenvalue weighted by Gasteiger charge is -2.63. The summed E-state index contributed by atoms with van der Waals surface area (Å²) in [5.74, 6) is -2.53. The van der Waals surface area contributed by atoms with Gasteiger partial charge in [-0.05, 0) is 91.5 Å². The van der Waals surface area contributed by atoms with E-state index < -0.39 is 63.6 Å². The first-order chi connectivity index (χ1) is 30.2. The summed E-state index contributed by atoms with van der Waals surface area (Å²) >= 11 is 0. The molecule has 9 rings (SSSR count). The number of likely N-dealkylation sites (N-methyl/N-ethyl adjacent to an activating group) is 1. The number of ether oxygens (including phenoxy) is 4. The van der Waals surface area contributed by atoms with Crippen molar-refractivity contribution < 1.29 is 43.5 Å². The minimum atomic E-state index is -2.30. The Hall–Kier alpha value is -4.52. The monoisotopic (exact) mass is 860 g/mol. The van der Waals surface area contributed by atoms with E-state index in [9.17, 15) is 25.1 Å². The molecular weight excluding hydrogens is 799 g/mol. The lowest BCUT2D eigenvalue weighted by Crippen LogP contribution is -2.79. The van der Waals surface area contributed by atoms with Gasteiger partial charge >= 0.3 is 17.9 Å². The summed E-state index contributed by atoms with van der Waals surface area (Å²) < 4.78 is 24.3. The van der Waals surface area contributed by atoms with Crippen LogP contribution in [0.25, 0.3) is 11.6 Å². The van der Waals surface area contributed by atoms with Crippen molar-refractivity contribution in [3.8, 4) is 6.07 Å². The third kappa shape index (κ3) is 6.02. The number of nitriles is 1. The van der Waals surface area contributed by atoms with E-state index in [1.165, 1.54) is 27.2 Å². The number of hydrogen-bond donors (Lipinski definition) is 2. The second kappa shape index (κ2) is 15.6. The molecule has 3 saturated heterocycles. The molecule has 2 N–H and O–H groups in total. The number of carbonyl (C=O) groups excluding carboxylic acids is 3. The number of likely N-dealkylation sites (tertiary alicyclic amines) is 1. The van der Waals surface area contributed by atoms with E-state index in [1.54, 1.807) is 13.2 Å². The number of rotatable bonds is 8. The third-order valence-electron chi connectivity index (χ3n) is 16.8. The molecule has 0 radical (unpaired) electrons. The molecule has 12 atom stereocenters. The van der Waals surface area contributed by atoms with E-state index in [1.807, 2.05) is 31.9 Å². The van der Waals surface area contributed by atoms with Crippen molar-refractivity contribution in [2.24, 2.45) is 28.1 Å². The molecular formula is C49H61BN4O9. The number of benzene rings is 1. The Labute approximate surface area is 371 Å². The second-order valence-electron chi connectivity index (χ2n) is 19.5. The Balaban J connectivity index is 1.32. The largest absolute Gasteiger partial charge is 0.468 e. The molecule has 2 aliphatic carbocycles. The normalized spacial score (nSPS) is 39.8. The molecule has 1 saturated carbocycles. The van der Waals surface area contributed by atoms with Gasteiger partial charge in [-0.2, -0.15) is 5.26 Å². The van der Waals surface area contributed by atoms with Crippen molar-refractivity contribution in [2.75, 3.05) is 61.1 Å². The molecule has 14 heteroatoms. The molecule has 1 spiro atoms. The predicted molar refractivity (Wildman–Crippen MR) is 237 cm³/mol. The standard InChI is InChI=1S/C49H61BN4O9/c1-8-45(58)25-31-26-48(43(56)61-6,39-32(15-20-53(27-31)28-45)33-22-30(12-10-18-51)13-14-36(33)50-39)35-23-34-37(24-38(35)60-5)52(4)41-47(34)17-21-54-19-11-16-46(9-2,40(47)54)42(63-29(3)55)49(41,59)44(57)62-7/h10-14,16,22-24,31,35,38,40-42,50,58-59H,8-9,15,17,19-21,25-28H2,1-7H3/b12-10+/t31-,35?,38?,40+,41-,42-,45+,46-,47-,48+,49+/m1/s1. The number of hydrogen-bond acceptors (Lipinski definition) is 13. The average Bonchev–Trinajstić information content (AvgIpc) is 3.94. The van der Waals surface area contributed by atoms with Gasteiger partial charge in [-0.3, -0.25) is 19.4 Å². The zero-order valence-electron chi connectivity index (χ0n) is 37.7. The number of allylic oxidation sites excluding steroid dienone is 2. The van der Waals surface area contributed by atoms with Crippen LogP contribution in [0.1, 0.15) is 70.4 Å². The Morgan fingerprint density at radius 2 is 1.81 bits per heavy atom. The summed E-state index contributed by atoms with van der Waals surface area (Å²) in [6, 6.07) is 7.14. The molecule has 8 aliphatic rings. The van der Waals surface area contributed by atoms with E-state index >= 15 is 4.79 Å². The van der Waals surface area contributed by atoms with Gasteiger partial charge in [-0.15, -0.1) is 0 Å². The van der Waals surface area contributed by atoms with E-state index in [2.05, 4.69) is 52.3 Å². The van der Waals surface area contributed by atoms with Gasteiger partial charge in [0, 0.05) is 81.8 Å². The minimum absolute atomic E-state index is 0.0762. The Bertz CT molecular complexity index is 2320. The quantitative estimate of drug-likeness (QED) is 0.129. The van der Waals surface area contributed by atoms with Crippen molar-refractivity contribution in [1.29, 1.82) is 5.26 Å². The zero-order valence-corrected chi connectivity index (χ0v) is 37.7. The van der Waals surface area contributed by atoms with Crippen molar-refractivity contribution in [3.05, 3.63) is 76.4 Å². The maximum absolute atomic E-state index is 15.6. The first kappa shape index (κ1) is 43.7. The van der Waals surface area contributed by atoms with Crippen molar-refractivity contribution in [1.82, 2.24) is 14.7 Å². The summed E-state index contributed by atoms with van der Waals surface area (Å²) in [6.45, 7) is 8.62. The van der Waals surface area contributed by atoms with Gasteiger partial charge in [-0.1, -0.05) is 55.1 Å². The van der Waals surface area contributed by atoms with Gasteiger partial charge in [0.05, 0.1) is 43.5 Å². The number of nitrogens with zero attached hydrogens (tertiary/aromatic N) is 4. The first-order valence-electron chi connectivity index (χ1n) is 22.7. The third-order valence-corrected chi connectivity index (χ3v) is 16.8. The fourth-order valence-corrected chi connectivity index (χ4v) is 14.6. The highest BCUT2D eigenvalue weighted by Crippen LogP contribution is 2.70. The van der Waals surface area contributed by atoms with Gasteiger partial charge in [0.2, 0.25) is 5.60 Å². The van der Waals surface area contributed by atoms with Crippen LogP contribution in [0.15, 0.2) is 65.3 Å². The molecule has 0 amide bonds. The van der Waals surface area contributed by atoms with Crippen LogP contribution in [-0.2, 0) is 33.3 Å². The predicted octanol–water partition coefficient (Wildman–Crippen LogP) is 3.07. The number of aliphatic hydroxyl groups is 2. The van der Waals surface area contributed by atoms with E-state index in [0.29, 0.717) is 78.5 Å². The number of carbonyl (C=O) groups is 3. The van der Waals surface area contributed by atoms with E-state index in [0.717, 1.165) is 38.9 Å². The topological polar surface area (TPSA) is 162 Å². The van der Waals surface area contributed by atoms with Crippen LogP contribution in [0.3, 0.4) is 0 Å². The summed E-state index contributed by atoms with van der Waals surface area (Å²) in [5.41, 5.74) is 0.436. The molecule has 1 aromatic carbocycles. The lowest BCUT2D eigenvalue weighted by molar-refractivity contribution is -0.243. The lowest BCUT2D eigenvalue weighted by atomic mass is 9.46. The molecule has 0 aromatic heterocycles. The van der Waals surface area contributed by atoms with Crippen LogP contribution in [0.2, 0.25) is 0 Å². The summed E-state index contributed by atoms with van der Waals surface area (Å²) in [7, 11) is 6.78. The molecule has 2 bridgehead atoms. The minimum Gasteiger partial charge on any atom is -0.468 e. The van der Waals surface area contributed by atoms with Gasteiger partial charge in [0.1, 0.15) is 0 Å². The summed E-state index contributed by atoms with van der Waals surface area (Å²) in [6.07, 6.45) is 13.0. The van der Waals surface area contributed by atoms with Gasteiger partial charge in [0.25, 0.3) is 0 Å². The van der Waals surface area contributed by atoms with E-state index in [-0.39, 0.29) is 17.9 Å². The first-order valence-corrected chi connectivity index (χ1v) is 22.7. The molecule has 1 aromatic rings. The fraction of sp³-hybridized carbons (Fsp3) is 0.592. The van der Waals surface area contributed by atoms with Crippen molar-refractivity contribution >= 4 is 42.3 Å². The van der Waals surface area contributed by atoms with Crippen molar-refractivity contribution in [2.45, 2.75) is 94.8 Å². The Morgan fingerprint density at radius 3 is 2.49 bits per heavy atom. The highest BCUT2D eigenvalue weighted by molar-refractivity contribution is 6.67. The Morgan fingerprint density at radius 1 is 1.03 bits per heavy atom. The van der Waals surface area contributed by atoms with Crippen LogP contribution < -0.4 is 5.46 Å². The SMILES string of the molecule is CC[C@]1(O)C[C@H]2CN(CCC3=C(Bc4ccc(/C=C/C#N)cc43)[C@@](C(=O)OC)(C3C=C4C(=CC3OC)N(C)[C@H]3[C@@](O)(C(=O)OC)[C@H](OC(C)=O)[C@]5(CC)C=CCN6CC[C@]43[C@@H]65)C2)C1. The zero-order chi connectivity index (χ0) is 44.9. The molecule has 13 nitrogen and oxygen atoms in total. The number of methoxy groups -OCH3 is 3. The maximum atomic E-state index is 15.6.